The van der Waals surface area contributed by atoms with Gasteiger partial charge in [0.1, 0.15) is 6.04 Å². The zero-order valence-electron chi connectivity index (χ0n) is 10.9. The van der Waals surface area contributed by atoms with Crippen molar-refractivity contribution in [3.63, 3.8) is 0 Å². The number of rotatable bonds is 6. The molecule has 1 unspecified atom stereocenters. The topological polar surface area (TPSA) is 118 Å². The standard InChI is InChI=1S/C11H14N2O6S/c1-8(11(14)15)12(2)20(18,19)7-9-5-3-4-6-10(9)13(16)17/h3-6,8H,7H2,1-2H3,(H,14,15). The average molecular weight is 302 g/mol. The lowest BCUT2D eigenvalue weighted by Gasteiger charge is -2.20. The zero-order valence-corrected chi connectivity index (χ0v) is 11.7. The normalized spacial score (nSPS) is 13.2. The van der Waals surface area contributed by atoms with Crippen molar-refractivity contribution >= 4 is 21.7 Å². The first-order valence-electron chi connectivity index (χ1n) is 5.57. The van der Waals surface area contributed by atoms with E-state index >= 15 is 0 Å². The lowest BCUT2D eigenvalue weighted by Crippen LogP contribution is -2.40. The number of sulfonamides is 1. The number of para-hydroxylation sites is 1. The van der Waals surface area contributed by atoms with Crippen LogP contribution in [0, 0.1) is 10.1 Å². The molecule has 0 aliphatic heterocycles. The van der Waals surface area contributed by atoms with Gasteiger partial charge < -0.3 is 5.11 Å². The molecule has 110 valence electrons. The van der Waals surface area contributed by atoms with Crippen molar-refractivity contribution in [1.82, 2.24) is 4.31 Å². The smallest absolute Gasteiger partial charge is 0.321 e. The minimum absolute atomic E-state index is 0.0157. The first kappa shape index (κ1) is 16.1. The molecule has 0 fully saturated rings. The number of hydrogen-bond acceptors (Lipinski definition) is 5. The number of nitrogens with zero attached hydrogens (tertiary/aromatic N) is 2. The second kappa shape index (κ2) is 5.97. The SMILES string of the molecule is CC(C(=O)O)N(C)S(=O)(=O)Cc1ccccc1[N+](=O)[O-]. The Balaban J connectivity index is 3.09. The molecule has 1 atom stereocenters. The number of aliphatic carboxylic acids is 1. The highest BCUT2D eigenvalue weighted by atomic mass is 32.2. The van der Waals surface area contributed by atoms with Gasteiger partial charge in [-0.05, 0) is 6.92 Å². The van der Waals surface area contributed by atoms with E-state index in [2.05, 4.69) is 0 Å². The molecule has 0 aliphatic rings. The second-order valence-corrected chi connectivity index (χ2v) is 6.20. The Morgan fingerprint density at radius 3 is 2.50 bits per heavy atom. The largest absolute Gasteiger partial charge is 0.480 e. The third-order valence-electron chi connectivity index (χ3n) is 2.87. The van der Waals surface area contributed by atoms with E-state index < -0.39 is 32.7 Å². The van der Waals surface area contributed by atoms with E-state index in [1.54, 1.807) is 0 Å². The number of carboxylic acid groups (broad SMARTS) is 1. The maximum Gasteiger partial charge on any atom is 0.321 e. The fourth-order valence-electron chi connectivity index (χ4n) is 1.51. The number of carbonyl (C=O) groups is 1. The van der Waals surface area contributed by atoms with Crippen LogP contribution in [0.4, 0.5) is 5.69 Å². The van der Waals surface area contributed by atoms with Crippen LogP contribution in [0.2, 0.25) is 0 Å². The summed E-state index contributed by atoms with van der Waals surface area (Å²) in [6.07, 6.45) is 0. The third kappa shape index (κ3) is 3.52. The van der Waals surface area contributed by atoms with Crippen molar-refractivity contribution in [2.45, 2.75) is 18.7 Å². The Morgan fingerprint density at radius 2 is 2.00 bits per heavy atom. The van der Waals surface area contributed by atoms with Gasteiger partial charge in [0, 0.05) is 18.7 Å². The van der Waals surface area contributed by atoms with Gasteiger partial charge in [-0.3, -0.25) is 14.9 Å². The van der Waals surface area contributed by atoms with Crippen LogP contribution < -0.4 is 0 Å². The summed E-state index contributed by atoms with van der Waals surface area (Å²) in [6.45, 7) is 1.22. The summed E-state index contributed by atoms with van der Waals surface area (Å²) < 4.78 is 24.8. The van der Waals surface area contributed by atoms with Crippen molar-refractivity contribution in [3.8, 4) is 0 Å². The summed E-state index contributed by atoms with van der Waals surface area (Å²) in [5.74, 6) is -1.92. The minimum Gasteiger partial charge on any atom is -0.480 e. The monoisotopic (exact) mass is 302 g/mol. The van der Waals surface area contributed by atoms with E-state index in [9.17, 15) is 23.3 Å². The molecule has 1 aromatic rings. The predicted octanol–water partition coefficient (Wildman–Crippen LogP) is 0.830. The number of carboxylic acids is 1. The Hall–Kier alpha value is -2.00. The second-order valence-electron chi connectivity index (χ2n) is 4.17. The number of hydrogen-bond donors (Lipinski definition) is 1. The molecule has 0 spiro atoms. The van der Waals surface area contributed by atoms with Crippen molar-refractivity contribution in [1.29, 1.82) is 0 Å². The summed E-state index contributed by atoms with van der Waals surface area (Å²) in [5, 5.41) is 19.6. The fraction of sp³-hybridized carbons (Fsp3) is 0.364. The molecule has 9 heteroatoms. The molecular weight excluding hydrogens is 288 g/mol. The fourth-order valence-corrected chi connectivity index (χ4v) is 2.92. The van der Waals surface area contributed by atoms with Crippen LogP contribution in [0.3, 0.4) is 0 Å². The molecule has 0 amide bonds. The van der Waals surface area contributed by atoms with E-state index in [1.165, 1.54) is 31.2 Å². The molecule has 0 aromatic heterocycles. The first-order valence-corrected chi connectivity index (χ1v) is 7.18. The van der Waals surface area contributed by atoms with Gasteiger partial charge in [0.2, 0.25) is 10.0 Å². The molecular formula is C11H14N2O6S. The van der Waals surface area contributed by atoms with Crippen LogP contribution >= 0.6 is 0 Å². The summed E-state index contributed by atoms with van der Waals surface area (Å²) in [7, 11) is -2.84. The molecule has 0 saturated heterocycles. The lowest BCUT2D eigenvalue weighted by molar-refractivity contribution is -0.385. The molecule has 8 nitrogen and oxygen atoms in total. The molecule has 1 aromatic carbocycles. The Kier molecular flexibility index (Phi) is 4.79. The third-order valence-corrected chi connectivity index (χ3v) is 4.74. The van der Waals surface area contributed by atoms with Gasteiger partial charge in [0.05, 0.1) is 10.7 Å². The molecule has 0 aliphatic carbocycles. The molecule has 20 heavy (non-hydrogen) atoms. The molecule has 0 bridgehead atoms. The Bertz CT molecular complexity index is 628. The van der Waals surface area contributed by atoms with Gasteiger partial charge in [-0.15, -0.1) is 0 Å². The average Bonchev–Trinajstić information content (AvgIpc) is 2.36. The summed E-state index contributed by atoms with van der Waals surface area (Å²) in [6, 6.07) is 4.19. The van der Waals surface area contributed by atoms with Crippen LogP contribution in [0.5, 0.6) is 0 Å². The molecule has 1 N–H and O–H groups in total. The lowest BCUT2D eigenvalue weighted by atomic mass is 10.2. The number of likely N-dealkylation sites (N-methyl/N-ethyl adjacent to an activating group) is 1. The van der Waals surface area contributed by atoms with Gasteiger partial charge >= 0.3 is 5.97 Å². The maximum absolute atomic E-state index is 12.1. The first-order chi connectivity index (χ1) is 9.16. The van der Waals surface area contributed by atoms with Gasteiger partial charge in [-0.1, -0.05) is 18.2 Å². The summed E-state index contributed by atoms with van der Waals surface area (Å²) >= 11 is 0. The van der Waals surface area contributed by atoms with Gasteiger partial charge in [-0.2, -0.15) is 4.31 Å². The van der Waals surface area contributed by atoms with Crippen LogP contribution in [-0.4, -0.2) is 41.8 Å². The maximum atomic E-state index is 12.1. The van der Waals surface area contributed by atoms with E-state index in [0.29, 0.717) is 4.31 Å². The van der Waals surface area contributed by atoms with E-state index in [-0.39, 0.29) is 11.3 Å². The van der Waals surface area contributed by atoms with E-state index in [0.717, 1.165) is 7.05 Å². The van der Waals surface area contributed by atoms with Crippen LogP contribution in [-0.2, 0) is 20.6 Å². The molecule has 0 saturated carbocycles. The molecule has 0 radical (unpaired) electrons. The highest BCUT2D eigenvalue weighted by Gasteiger charge is 2.29. The van der Waals surface area contributed by atoms with Gasteiger partial charge in [0.15, 0.2) is 0 Å². The highest BCUT2D eigenvalue weighted by molar-refractivity contribution is 7.88. The predicted molar refractivity (Wildman–Crippen MR) is 70.6 cm³/mol. The van der Waals surface area contributed by atoms with Crippen molar-refractivity contribution < 1.29 is 23.2 Å². The highest BCUT2D eigenvalue weighted by Crippen LogP contribution is 2.21. The molecule has 1 rings (SSSR count). The van der Waals surface area contributed by atoms with Gasteiger partial charge in [0.25, 0.3) is 5.69 Å². The van der Waals surface area contributed by atoms with E-state index in [4.69, 9.17) is 5.11 Å². The summed E-state index contributed by atoms with van der Waals surface area (Å²) in [4.78, 5) is 20.9. The van der Waals surface area contributed by atoms with Crippen molar-refractivity contribution in [2.75, 3.05) is 7.05 Å². The minimum atomic E-state index is -3.97. The molecule has 0 heterocycles. The van der Waals surface area contributed by atoms with Crippen molar-refractivity contribution in [3.05, 3.63) is 39.9 Å². The Morgan fingerprint density at radius 1 is 1.45 bits per heavy atom. The number of nitro benzene ring substituents is 1. The number of benzene rings is 1. The van der Waals surface area contributed by atoms with Gasteiger partial charge in [-0.25, -0.2) is 8.42 Å². The Labute approximate surface area is 115 Å². The number of nitro groups is 1. The van der Waals surface area contributed by atoms with Crippen molar-refractivity contribution in [2.24, 2.45) is 0 Å². The van der Waals surface area contributed by atoms with Crippen LogP contribution in [0.25, 0.3) is 0 Å². The summed E-state index contributed by atoms with van der Waals surface area (Å²) in [5.41, 5.74) is -0.297. The van der Waals surface area contributed by atoms with Crippen LogP contribution in [0.1, 0.15) is 12.5 Å². The zero-order chi connectivity index (χ0) is 15.5. The van der Waals surface area contributed by atoms with E-state index in [1.807, 2.05) is 0 Å². The quantitative estimate of drug-likeness (QED) is 0.614. The van der Waals surface area contributed by atoms with Crippen LogP contribution in [0.15, 0.2) is 24.3 Å².